The molecule has 2 N–H and O–H groups in total. The van der Waals surface area contributed by atoms with Crippen LogP contribution in [0.25, 0.3) is 11.2 Å². The Hall–Kier alpha value is -2.18. The van der Waals surface area contributed by atoms with Crippen molar-refractivity contribution < 1.29 is 4.74 Å². The summed E-state index contributed by atoms with van der Waals surface area (Å²) in [4.78, 5) is 15.8. The number of hydrogen-bond donors (Lipinski definition) is 2. The third-order valence-electron chi connectivity index (χ3n) is 4.72. The molecule has 1 aliphatic heterocycles. The first-order chi connectivity index (χ1) is 11.8. The Morgan fingerprint density at radius 1 is 1.12 bits per heavy atom. The van der Waals surface area contributed by atoms with Crippen LogP contribution in [0.5, 0.6) is 0 Å². The van der Waals surface area contributed by atoms with Crippen LogP contribution >= 0.6 is 11.6 Å². The number of hydrogen-bond acceptors (Lipinski definition) is 5. The zero-order valence-corrected chi connectivity index (χ0v) is 13.9. The minimum absolute atomic E-state index is 0.000133. The van der Waals surface area contributed by atoms with Gasteiger partial charge in [0.1, 0.15) is 11.8 Å². The molecule has 0 atom stereocenters. The van der Waals surface area contributed by atoms with Gasteiger partial charge in [0.05, 0.1) is 6.33 Å². The molecule has 1 saturated heterocycles. The van der Waals surface area contributed by atoms with Crippen LogP contribution in [0.4, 0.5) is 5.82 Å². The number of aromatic amines is 1. The summed E-state index contributed by atoms with van der Waals surface area (Å²) in [5.74, 6) is 0.775. The molecule has 0 radical (unpaired) electrons. The molecule has 0 aliphatic carbocycles. The first kappa shape index (κ1) is 15.4. The van der Waals surface area contributed by atoms with Gasteiger partial charge in [-0.25, -0.2) is 15.0 Å². The van der Waals surface area contributed by atoms with Crippen molar-refractivity contribution in [3.63, 3.8) is 0 Å². The summed E-state index contributed by atoms with van der Waals surface area (Å²) in [5.41, 5.74) is 2.77. The fraction of sp³-hybridized carbons (Fsp3) is 0.353. The van der Waals surface area contributed by atoms with Gasteiger partial charge >= 0.3 is 0 Å². The molecule has 7 heteroatoms. The smallest absolute Gasteiger partial charge is 0.182 e. The molecule has 3 aromatic rings. The average molecular weight is 344 g/mol. The highest BCUT2D eigenvalue weighted by Crippen LogP contribution is 2.36. The Morgan fingerprint density at radius 3 is 2.71 bits per heavy atom. The van der Waals surface area contributed by atoms with E-state index in [1.807, 2.05) is 12.1 Å². The van der Waals surface area contributed by atoms with Crippen LogP contribution in [0.1, 0.15) is 18.4 Å². The summed E-state index contributed by atoms with van der Waals surface area (Å²) in [5, 5.41) is 4.24. The lowest BCUT2D eigenvalue weighted by molar-refractivity contribution is 0.0544. The SMILES string of the molecule is Clc1ccc(C2(CNc3ncnc4nc[nH]c34)CCOCC2)cc1. The van der Waals surface area contributed by atoms with Crippen LogP contribution in [-0.4, -0.2) is 39.7 Å². The largest absolute Gasteiger partial charge is 0.381 e. The zero-order valence-electron chi connectivity index (χ0n) is 13.1. The summed E-state index contributed by atoms with van der Waals surface area (Å²) in [6.07, 6.45) is 5.08. The van der Waals surface area contributed by atoms with E-state index in [4.69, 9.17) is 16.3 Å². The molecule has 0 spiro atoms. The van der Waals surface area contributed by atoms with Gasteiger partial charge in [-0.3, -0.25) is 0 Å². The molecule has 1 aliphatic rings. The number of rotatable bonds is 4. The molecule has 124 valence electrons. The van der Waals surface area contributed by atoms with Crippen molar-refractivity contribution in [3.8, 4) is 0 Å². The van der Waals surface area contributed by atoms with Gasteiger partial charge in [0.25, 0.3) is 0 Å². The highest BCUT2D eigenvalue weighted by Gasteiger charge is 2.34. The number of H-pyrrole nitrogens is 1. The Morgan fingerprint density at radius 2 is 1.92 bits per heavy atom. The highest BCUT2D eigenvalue weighted by molar-refractivity contribution is 6.30. The van der Waals surface area contributed by atoms with Crippen LogP contribution < -0.4 is 5.32 Å². The lowest BCUT2D eigenvalue weighted by atomic mass is 9.74. The maximum Gasteiger partial charge on any atom is 0.182 e. The summed E-state index contributed by atoms with van der Waals surface area (Å²) in [7, 11) is 0. The van der Waals surface area contributed by atoms with Crippen molar-refractivity contribution >= 4 is 28.6 Å². The van der Waals surface area contributed by atoms with E-state index in [0.717, 1.165) is 49.0 Å². The van der Waals surface area contributed by atoms with Crippen molar-refractivity contribution in [1.29, 1.82) is 0 Å². The van der Waals surface area contributed by atoms with E-state index in [1.165, 1.54) is 11.9 Å². The maximum atomic E-state index is 6.05. The summed E-state index contributed by atoms with van der Waals surface area (Å²) < 4.78 is 5.58. The van der Waals surface area contributed by atoms with E-state index in [2.05, 4.69) is 37.4 Å². The molecule has 0 unspecified atom stereocenters. The average Bonchev–Trinajstić information content (AvgIpc) is 3.10. The second-order valence-electron chi connectivity index (χ2n) is 6.08. The molecular weight excluding hydrogens is 326 g/mol. The fourth-order valence-electron chi connectivity index (χ4n) is 3.29. The Kier molecular flexibility index (Phi) is 4.08. The van der Waals surface area contributed by atoms with Gasteiger partial charge in [-0.2, -0.15) is 0 Å². The van der Waals surface area contributed by atoms with Gasteiger partial charge in [-0.15, -0.1) is 0 Å². The Labute approximate surface area is 144 Å². The van der Waals surface area contributed by atoms with E-state index in [-0.39, 0.29) is 5.41 Å². The molecule has 2 aromatic heterocycles. The molecule has 3 heterocycles. The number of benzene rings is 1. The van der Waals surface area contributed by atoms with Crippen molar-refractivity contribution in [3.05, 3.63) is 47.5 Å². The second kappa shape index (κ2) is 6.37. The summed E-state index contributed by atoms with van der Waals surface area (Å²) in [6.45, 7) is 2.28. The first-order valence-corrected chi connectivity index (χ1v) is 8.36. The van der Waals surface area contributed by atoms with Crippen molar-refractivity contribution in [2.24, 2.45) is 0 Å². The molecule has 4 rings (SSSR count). The predicted octanol–water partition coefficient (Wildman–Crippen LogP) is 3.17. The van der Waals surface area contributed by atoms with E-state index >= 15 is 0 Å². The van der Waals surface area contributed by atoms with E-state index in [0.29, 0.717) is 5.65 Å². The van der Waals surface area contributed by atoms with Gasteiger partial charge in [-0.05, 0) is 30.5 Å². The summed E-state index contributed by atoms with van der Waals surface area (Å²) >= 11 is 6.05. The topological polar surface area (TPSA) is 75.7 Å². The number of fused-ring (bicyclic) bond motifs is 1. The first-order valence-electron chi connectivity index (χ1n) is 7.99. The van der Waals surface area contributed by atoms with E-state index < -0.39 is 0 Å². The molecule has 0 saturated carbocycles. The lowest BCUT2D eigenvalue weighted by Gasteiger charge is -2.38. The number of halogens is 1. The number of ether oxygens (including phenoxy) is 1. The monoisotopic (exact) mass is 343 g/mol. The van der Waals surface area contributed by atoms with Crippen LogP contribution in [0.2, 0.25) is 5.02 Å². The number of nitrogens with one attached hydrogen (secondary N) is 2. The molecule has 1 fully saturated rings. The quantitative estimate of drug-likeness (QED) is 0.761. The third kappa shape index (κ3) is 2.83. The fourth-order valence-corrected chi connectivity index (χ4v) is 3.41. The van der Waals surface area contributed by atoms with Crippen molar-refractivity contribution in [1.82, 2.24) is 19.9 Å². The normalized spacial score (nSPS) is 17.0. The molecule has 0 amide bonds. The zero-order chi connectivity index (χ0) is 16.4. The molecule has 0 bridgehead atoms. The Bertz CT molecular complexity index is 826. The van der Waals surface area contributed by atoms with Gasteiger partial charge in [0.15, 0.2) is 11.5 Å². The van der Waals surface area contributed by atoms with Crippen LogP contribution in [-0.2, 0) is 10.2 Å². The molecule has 1 aromatic carbocycles. The second-order valence-corrected chi connectivity index (χ2v) is 6.51. The van der Waals surface area contributed by atoms with Crippen LogP contribution in [0.3, 0.4) is 0 Å². The maximum absolute atomic E-state index is 6.05. The van der Waals surface area contributed by atoms with E-state index in [9.17, 15) is 0 Å². The molecular formula is C17H18ClN5O. The van der Waals surface area contributed by atoms with Crippen molar-refractivity contribution in [2.75, 3.05) is 25.1 Å². The van der Waals surface area contributed by atoms with Gasteiger partial charge in [0, 0.05) is 30.2 Å². The standard InChI is InChI=1S/C17H18ClN5O/c18-13-3-1-12(2-4-13)17(5-7-24-8-6-17)9-19-15-14-16(21-10-20-14)23-11-22-15/h1-4,10-11H,5-9H2,(H2,19,20,21,22,23). The molecule has 24 heavy (non-hydrogen) atoms. The van der Waals surface area contributed by atoms with E-state index in [1.54, 1.807) is 6.33 Å². The minimum atomic E-state index is 0.000133. The van der Waals surface area contributed by atoms with Gasteiger partial charge < -0.3 is 15.0 Å². The highest BCUT2D eigenvalue weighted by atomic mass is 35.5. The Balaban J connectivity index is 1.63. The number of imidazole rings is 1. The lowest BCUT2D eigenvalue weighted by Crippen LogP contribution is -2.40. The predicted molar refractivity (Wildman–Crippen MR) is 93.4 cm³/mol. The number of anilines is 1. The van der Waals surface area contributed by atoms with Crippen LogP contribution in [0.15, 0.2) is 36.9 Å². The summed E-state index contributed by atoms with van der Waals surface area (Å²) in [6, 6.07) is 8.12. The molecule has 6 nitrogen and oxygen atoms in total. The van der Waals surface area contributed by atoms with Crippen LogP contribution in [0, 0.1) is 0 Å². The van der Waals surface area contributed by atoms with Crippen molar-refractivity contribution in [2.45, 2.75) is 18.3 Å². The minimum Gasteiger partial charge on any atom is -0.381 e. The number of nitrogens with zero attached hydrogens (tertiary/aromatic N) is 3. The van der Waals surface area contributed by atoms with Gasteiger partial charge in [0.2, 0.25) is 0 Å². The third-order valence-corrected chi connectivity index (χ3v) is 4.98. The van der Waals surface area contributed by atoms with Gasteiger partial charge in [-0.1, -0.05) is 23.7 Å². The number of aromatic nitrogens is 4.